The number of nitrogens with one attached hydrogen (secondary N) is 2. The van der Waals surface area contributed by atoms with E-state index in [-0.39, 0.29) is 17.4 Å². The van der Waals surface area contributed by atoms with Gasteiger partial charge in [-0.05, 0) is 61.2 Å². The number of ketones is 1. The van der Waals surface area contributed by atoms with Crippen LogP contribution in [0, 0.1) is 17.2 Å². The van der Waals surface area contributed by atoms with Crippen molar-refractivity contribution in [2.45, 2.75) is 25.7 Å². The van der Waals surface area contributed by atoms with Gasteiger partial charge < -0.3 is 5.32 Å². The summed E-state index contributed by atoms with van der Waals surface area (Å²) in [6, 6.07) is 13.8. The summed E-state index contributed by atoms with van der Waals surface area (Å²) in [6.45, 7) is 1.43. The predicted octanol–water partition coefficient (Wildman–Crippen LogP) is 2.87. The minimum absolute atomic E-state index is 0.162. The zero-order valence-electron chi connectivity index (χ0n) is 16.5. The zero-order chi connectivity index (χ0) is 20.7. The number of Topliss-reactive ketones (excluding diaryl/α,β-unsaturated/α-hetero) is 1. The molecule has 6 nitrogen and oxygen atoms in total. The number of aromatic nitrogens is 3. The van der Waals surface area contributed by atoms with Crippen LogP contribution < -0.4 is 11.0 Å². The van der Waals surface area contributed by atoms with E-state index >= 15 is 0 Å². The predicted molar refractivity (Wildman–Crippen MR) is 111 cm³/mol. The number of halogens is 1. The second-order valence-electron chi connectivity index (χ2n) is 8.36. The molecule has 154 valence electrons. The van der Waals surface area contributed by atoms with Crippen LogP contribution in [-0.4, -0.2) is 33.6 Å². The third kappa shape index (κ3) is 3.39. The number of carbonyl (C=O) groups is 1. The van der Waals surface area contributed by atoms with E-state index in [4.69, 9.17) is 0 Å². The van der Waals surface area contributed by atoms with Gasteiger partial charge in [0.25, 0.3) is 0 Å². The summed E-state index contributed by atoms with van der Waals surface area (Å²) in [6.07, 6.45) is 3.13. The molecule has 0 amide bonds. The Morgan fingerprint density at radius 3 is 2.63 bits per heavy atom. The average Bonchev–Trinajstić information content (AvgIpc) is 3.39. The van der Waals surface area contributed by atoms with Gasteiger partial charge >= 0.3 is 5.69 Å². The quantitative estimate of drug-likeness (QED) is 0.660. The maximum Gasteiger partial charge on any atom is 0.347 e. The van der Waals surface area contributed by atoms with Crippen LogP contribution in [0.15, 0.2) is 53.3 Å². The third-order valence-electron chi connectivity index (χ3n) is 6.24. The summed E-state index contributed by atoms with van der Waals surface area (Å²) in [5, 5.41) is 10.1. The molecule has 0 radical (unpaired) electrons. The third-order valence-corrected chi connectivity index (χ3v) is 6.24. The van der Waals surface area contributed by atoms with Crippen LogP contribution >= 0.6 is 0 Å². The Balaban J connectivity index is 1.47. The summed E-state index contributed by atoms with van der Waals surface area (Å²) >= 11 is 0. The fraction of sp³-hybridized carbons (Fsp3) is 0.348. The van der Waals surface area contributed by atoms with Crippen LogP contribution in [0.5, 0.6) is 0 Å². The van der Waals surface area contributed by atoms with E-state index < -0.39 is 5.41 Å². The molecule has 2 heterocycles. The minimum Gasteiger partial charge on any atom is -0.316 e. The SMILES string of the molecule is O=C(C1CC1)[C@]1(Cc2n[nH]c(=O)n2-c2ccc(-c3cccc(F)c3)cc2)CCNC1. The molecule has 0 unspecified atom stereocenters. The minimum atomic E-state index is -0.494. The zero-order valence-corrected chi connectivity index (χ0v) is 16.5. The van der Waals surface area contributed by atoms with Crippen molar-refractivity contribution in [2.75, 3.05) is 13.1 Å². The Bertz CT molecular complexity index is 1140. The van der Waals surface area contributed by atoms with Crippen LogP contribution in [0.1, 0.15) is 25.1 Å². The first-order chi connectivity index (χ1) is 14.6. The molecule has 2 aliphatic rings. The highest BCUT2D eigenvalue weighted by atomic mass is 19.1. The molecule has 1 aromatic heterocycles. The Morgan fingerprint density at radius 1 is 1.17 bits per heavy atom. The molecule has 0 bridgehead atoms. The highest BCUT2D eigenvalue weighted by molar-refractivity contribution is 5.89. The van der Waals surface area contributed by atoms with Gasteiger partial charge in [0, 0.05) is 24.3 Å². The fourth-order valence-electron chi connectivity index (χ4n) is 4.46. The molecule has 1 atom stereocenters. The summed E-state index contributed by atoms with van der Waals surface area (Å²) in [7, 11) is 0. The van der Waals surface area contributed by atoms with E-state index in [9.17, 15) is 14.0 Å². The van der Waals surface area contributed by atoms with Crippen LogP contribution in [0.4, 0.5) is 4.39 Å². The summed E-state index contributed by atoms with van der Waals surface area (Å²) < 4.78 is 15.1. The normalized spacial score (nSPS) is 21.1. The highest BCUT2D eigenvalue weighted by Gasteiger charge is 2.48. The maximum absolute atomic E-state index is 13.5. The first kappa shape index (κ1) is 18.9. The lowest BCUT2D eigenvalue weighted by atomic mass is 9.77. The van der Waals surface area contributed by atoms with Crippen LogP contribution in [-0.2, 0) is 11.2 Å². The molecular formula is C23H23FN4O2. The van der Waals surface area contributed by atoms with Crippen molar-refractivity contribution in [1.82, 2.24) is 20.1 Å². The van der Waals surface area contributed by atoms with Crippen molar-refractivity contribution < 1.29 is 9.18 Å². The van der Waals surface area contributed by atoms with Gasteiger partial charge in [0.05, 0.1) is 5.69 Å². The molecule has 5 rings (SSSR count). The van der Waals surface area contributed by atoms with E-state index in [1.165, 1.54) is 16.7 Å². The van der Waals surface area contributed by atoms with Crippen LogP contribution in [0.3, 0.4) is 0 Å². The highest BCUT2D eigenvalue weighted by Crippen LogP contribution is 2.41. The largest absolute Gasteiger partial charge is 0.347 e. The molecule has 2 N–H and O–H groups in total. The van der Waals surface area contributed by atoms with Crippen molar-refractivity contribution in [2.24, 2.45) is 11.3 Å². The van der Waals surface area contributed by atoms with E-state index in [2.05, 4.69) is 15.5 Å². The van der Waals surface area contributed by atoms with Gasteiger partial charge in [-0.25, -0.2) is 18.9 Å². The standard InChI is InChI=1S/C23H23FN4O2/c24-18-3-1-2-17(12-18)15-6-8-19(9-7-15)28-20(26-27-22(28)30)13-23(10-11-25-14-23)21(29)16-4-5-16/h1-3,6-9,12,16,25H,4-5,10-11,13-14H2,(H,27,30)/t23-/m0/s1. The summed E-state index contributed by atoms with van der Waals surface area (Å²) in [4.78, 5) is 25.6. The van der Waals surface area contributed by atoms with E-state index in [1.807, 2.05) is 30.3 Å². The number of carbonyl (C=O) groups excluding carboxylic acids is 1. The van der Waals surface area contributed by atoms with Crippen molar-refractivity contribution in [3.8, 4) is 16.8 Å². The van der Waals surface area contributed by atoms with Gasteiger partial charge in [0.2, 0.25) is 0 Å². The summed E-state index contributed by atoms with van der Waals surface area (Å²) in [5.74, 6) is 0.738. The first-order valence-corrected chi connectivity index (χ1v) is 10.3. The van der Waals surface area contributed by atoms with Gasteiger partial charge in [-0.1, -0.05) is 24.3 Å². The Labute approximate surface area is 173 Å². The molecule has 2 fully saturated rings. The number of aromatic amines is 1. The smallest absolute Gasteiger partial charge is 0.316 e. The maximum atomic E-state index is 13.5. The molecule has 1 saturated carbocycles. The lowest BCUT2D eigenvalue weighted by Gasteiger charge is -2.26. The molecule has 0 spiro atoms. The molecule has 7 heteroatoms. The number of H-pyrrole nitrogens is 1. The lowest BCUT2D eigenvalue weighted by Crippen LogP contribution is -2.38. The van der Waals surface area contributed by atoms with Gasteiger partial charge in [-0.15, -0.1) is 0 Å². The van der Waals surface area contributed by atoms with Gasteiger partial charge in [-0.3, -0.25) is 4.79 Å². The molecule has 30 heavy (non-hydrogen) atoms. The average molecular weight is 406 g/mol. The van der Waals surface area contributed by atoms with E-state index in [0.717, 1.165) is 36.9 Å². The van der Waals surface area contributed by atoms with Gasteiger partial charge in [0.1, 0.15) is 17.4 Å². The Morgan fingerprint density at radius 2 is 1.97 bits per heavy atom. The molecule has 1 aliphatic carbocycles. The van der Waals surface area contributed by atoms with Gasteiger partial charge in [0.15, 0.2) is 0 Å². The number of nitrogens with zero attached hydrogens (tertiary/aromatic N) is 2. The number of rotatable bonds is 6. The topological polar surface area (TPSA) is 79.8 Å². The van der Waals surface area contributed by atoms with Gasteiger partial charge in [-0.2, -0.15) is 5.10 Å². The molecule has 3 aromatic rings. The van der Waals surface area contributed by atoms with Crippen molar-refractivity contribution in [3.63, 3.8) is 0 Å². The van der Waals surface area contributed by atoms with E-state index in [1.54, 1.807) is 6.07 Å². The lowest BCUT2D eigenvalue weighted by molar-refractivity contribution is -0.129. The second kappa shape index (κ2) is 7.32. The van der Waals surface area contributed by atoms with E-state index in [0.29, 0.717) is 30.3 Å². The monoisotopic (exact) mass is 406 g/mol. The number of hydrogen-bond donors (Lipinski definition) is 2. The van der Waals surface area contributed by atoms with Crippen LogP contribution in [0.25, 0.3) is 16.8 Å². The molecule has 1 saturated heterocycles. The van der Waals surface area contributed by atoms with Crippen molar-refractivity contribution in [3.05, 3.63) is 70.7 Å². The summed E-state index contributed by atoms with van der Waals surface area (Å²) in [5.41, 5.74) is 1.47. The molecule has 2 aromatic carbocycles. The Kier molecular flexibility index (Phi) is 4.62. The first-order valence-electron chi connectivity index (χ1n) is 10.3. The number of benzene rings is 2. The Hall–Kier alpha value is -3.06. The van der Waals surface area contributed by atoms with Crippen LogP contribution in [0.2, 0.25) is 0 Å². The molecular weight excluding hydrogens is 383 g/mol. The second-order valence-corrected chi connectivity index (χ2v) is 8.36. The molecule has 1 aliphatic heterocycles. The number of hydrogen-bond acceptors (Lipinski definition) is 4. The van der Waals surface area contributed by atoms with Crippen molar-refractivity contribution in [1.29, 1.82) is 0 Å². The fourth-order valence-corrected chi connectivity index (χ4v) is 4.46. The van der Waals surface area contributed by atoms with Crippen molar-refractivity contribution >= 4 is 5.78 Å².